The lowest BCUT2D eigenvalue weighted by molar-refractivity contribution is 0.103. The summed E-state index contributed by atoms with van der Waals surface area (Å²) < 4.78 is 14.7. The van der Waals surface area contributed by atoms with Crippen molar-refractivity contribution in [3.05, 3.63) is 68.8 Å². The molecule has 34 heavy (non-hydrogen) atoms. The average molecular weight is 483 g/mol. The molecule has 0 amide bonds. The topological polar surface area (TPSA) is 51.2 Å². The van der Waals surface area contributed by atoms with Crippen LogP contribution < -0.4 is 0 Å². The van der Waals surface area contributed by atoms with Gasteiger partial charge in [0, 0.05) is 17.3 Å². The average Bonchev–Trinajstić information content (AvgIpc) is 2.88. The molecule has 0 heterocycles. The van der Waals surface area contributed by atoms with Crippen LogP contribution in [0.5, 0.6) is 0 Å². The molecule has 186 valence electrons. The van der Waals surface area contributed by atoms with Gasteiger partial charge in [-0.3, -0.25) is 9.59 Å². The molecule has 0 radical (unpaired) electrons. The van der Waals surface area contributed by atoms with Crippen LogP contribution >= 0.6 is 7.14 Å². The molecular formula is C30H43O3P. The highest BCUT2D eigenvalue weighted by Crippen LogP contribution is 2.54. The minimum atomic E-state index is -3.85. The van der Waals surface area contributed by atoms with Gasteiger partial charge in [-0.2, -0.15) is 0 Å². The minimum Gasteiger partial charge on any atom is -0.307 e. The largest absolute Gasteiger partial charge is 0.307 e. The van der Waals surface area contributed by atoms with Crippen molar-refractivity contribution in [3.63, 3.8) is 0 Å². The second kappa shape index (κ2) is 12.6. The van der Waals surface area contributed by atoms with Gasteiger partial charge in [-0.1, -0.05) is 79.2 Å². The first-order valence-electron chi connectivity index (χ1n) is 13.2. The number of rotatable bonds is 13. The van der Waals surface area contributed by atoms with Gasteiger partial charge in [-0.15, -0.1) is 0 Å². The van der Waals surface area contributed by atoms with Crippen LogP contribution in [0.3, 0.4) is 0 Å². The zero-order valence-electron chi connectivity index (χ0n) is 22.3. The molecule has 0 saturated carbocycles. The smallest absolute Gasteiger partial charge is 0.229 e. The van der Waals surface area contributed by atoms with Crippen LogP contribution in [0.1, 0.15) is 115 Å². The van der Waals surface area contributed by atoms with Crippen LogP contribution in [0.4, 0.5) is 0 Å². The van der Waals surface area contributed by atoms with Gasteiger partial charge in [0.2, 0.25) is 18.2 Å². The van der Waals surface area contributed by atoms with E-state index in [0.717, 1.165) is 41.5 Å². The third kappa shape index (κ3) is 5.62. The first-order chi connectivity index (χ1) is 16.3. The standard InChI is InChI=1S/C30H43O3P/c1-8-15-16-34(33,29(31)27-23(11-4)17-21(9-2)18-24(27)12-5)30(32)28-25(13-6)19-22(10-3)20-26(28)14-7/h17-20H,8-16H2,1-7H3. The first kappa shape index (κ1) is 28.2. The molecule has 3 nitrogen and oxygen atoms in total. The fourth-order valence-corrected chi connectivity index (χ4v) is 7.44. The fraction of sp³-hybridized carbons (Fsp3) is 0.533. The van der Waals surface area contributed by atoms with E-state index in [1.165, 1.54) is 11.1 Å². The third-order valence-electron chi connectivity index (χ3n) is 6.97. The van der Waals surface area contributed by atoms with E-state index < -0.39 is 18.2 Å². The molecule has 0 unspecified atom stereocenters. The maximum atomic E-state index is 14.7. The van der Waals surface area contributed by atoms with E-state index >= 15 is 0 Å². The van der Waals surface area contributed by atoms with E-state index in [-0.39, 0.29) is 6.16 Å². The predicted octanol–water partition coefficient (Wildman–Crippen LogP) is 8.20. The fourth-order valence-electron chi connectivity index (χ4n) is 4.79. The Kier molecular flexibility index (Phi) is 10.5. The summed E-state index contributed by atoms with van der Waals surface area (Å²) in [6.07, 6.45) is 5.99. The minimum absolute atomic E-state index is 0.144. The molecule has 0 fully saturated rings. The monoisotopic (exact) mass is 482 g/mol. The Morgan fingerprint density at radius 2 is 0.912 bits per heavy atom. The second-order valence-electron chi connectivity index (χ2n) is 9.13. The van der Waals surface area contributed by atoms with Crippen molar-refractivity contribution in [2.24, 2.45) is 0 Å². The second-order valence-corrected chi connectivity index (χ2v) is 11.9. The van der Waals surface area contributed by atoms with E-state index in [1.807, 2.05) is 34.6 Å². The van der Waals surface area contributed by atoms with Gasteiger partial charge in [-0.25, -0.2) is 0 Å². The van der Waals surface area contributed by atoms with E-state index in [4.69, 9.17) is 0 Å². The highest BCUT2D eigenvalue weighted by atomic mass is 31.2. The van der Waals surface area contributed by atoms with Crippen molar-refractivity contribution in [2.45, 2.75) is 99.8 Å². The van der Waals surface area contributed by atoms with Crippen LogP contribution in [0.15, 0.2) is 24.3 Å². The molecule has 0 aliphatic heterocycles. The molecule has 2 rings (SSSR count). The normalized spacial score (nSPS) is 11.6. The quantitative estimate of drug-likeness (QED) is 0.270. The number of carbonyl (C=O) groups is 2. The maximum Gasteiger partial charge on any atom is 0.229 e. The zero-order valence-corrected chi connectivity index (χ0v) is 23.2. The van der Waals surface area contributed by atoms with Crippen LogP contribution in [0.2, 0.25) is 0 Å². The van der Waals surface area contributed by atoms with Crippen LogP contribution in [-0.2, 0) is 43.1 Å². The Balaban J connectivity index is 2.79. The number of carbonyl (C=O) groups excluding carboxylic acids is 2. The number of unbranched alkanes of at least 4 members (excludes halogenated alkanes) is 1. The number of aryl methyl sites for hydroxylation is 6. The number of hydrogen-bond donors (Lipinski definition) is 0. The lowest BCUT2D eigenvalue weighted by atomic mass is 9.94. The molecular weight excluding hydrogens is 439 g/mol. The van der Waals surface area contributed by atoms with Crippen molar-refractivity contribution in [3.8, 4) is 0 Å². The third-order valence-corrected chi connectivity index (χ3v) is 9.68. The van der Waals surface area contributed by atoms with Gasteiger partial charge in [0.05, 0.1) is 0 Å². The molecule has 0 aliphatic carbocycles. The van der Waals surface area contributed by atoms with E-state index in [2.05, 4.69) is 38.1 Å². The number of hydrogen-bond acceptors (Lipinski definition) is 3. The highest BCUT2D eigenvalue weighted by Gasteiger charge is 2.43. The Labute approximate surface area is 207 Å². The summed E-state index contributed by atoms with van der Waals surface area (Å²) in [6, 6.07) is 8.25. The summed E-state index contributed by atoms with van der Waals surface area (Å²) in [6.45, 7) is 14.3. The summed E-state index contributed by atoms with van der Waals surface area (Å²) in [5.74, 6) is 0. The summed E-state index contributed by atoms with van der Waals surface area (Å²) in [4.78, 5) is 28.4. The van der Waals surface area contributed by atoms with Gasteiger partial charge in [0.15, 0.2) is 0 Å². The Hall–Kier alpha value is -1.99. The van der Waals surface area contributed by atoms with Crippen LogP contribution in [0, 0.1) is 0 Å². The SMILES string of the molecule is CCCCP(=O)(C(=O)c1c(CC)cc(CC)cc1CC)C(=O)c1c(CC)cc(CC)cc1CC. The Morgan fingerprint density at radius 3 is 1.15 bits per heavy atom. The van der Waals surface area contributed by atoms with Gasteiger partial charge >= 0.3 is 0 Å². The summed E-state index contributed by atoms with van der Waals surface area (Å²) in [5.41, 5.74) is 6.24. The number of benzene rings is 2. The molecule has 0 aliphatic rings. The molecule has 0 bridgehead atoms. The molecule has 0 atom stereocenters. The Morgan fingerprint density at radius 1 is 0.588 bits per heavy atom. The van der Waals surface area contributed by atoms with Gasteiger partial charge in [0.25, 0.3) is 0 Å². The predicted molar refractivity (Wildman–Crippen MR) is 145 cm³/mol. The van der Waals surface area contributed by atoms with E-state index in [9.17, 15) is 14.2 Å². The van der Waals surface area contributed by atoms with Crippen molar-refractivity contribution in [1.29, 1.82) is 0 Å². The van der Waals surface area contributed by atoms with Crippen molar-refractivity contribution in [2.75, 3.05) is 6.16 Å². The summed E-state index contributed by atoms with van der Waals surface area (Å²) in [7, 11) is -3.85. The van der Waals surface area contributed by atoms with Crippen molar-refractivity contribution < 1.29 is 14.2 Å². The van der Waals surface area contributed by atoms with Gasteiger partial charge in [0.1, 0.15) is 0 Å². The molecule has 0 spiro atoms. The maximum absolute atomic E-state index is 14.7. The molecule has 2 aromatic rings. The van der Waals surface area contributed by atoms with Crippen molar-refractivity contribution in [1.82, 2.24) is 0 Å². The van der Waals surface area contributed by atoms with Crippen LogP contribution in [-0.4, -0.2) is 17.2 Å². The molecule has 0 N–H and O–H groups in total. The lowest BCUT2D eigenvalue weighted by Crippen LogP contribution is -2.19. The molecule has 4 heteroatoms. The molecule has 0 saturated heterocycles. The van der Waals surface area contributed by atoms with Crippen molar-refractivity contribution >= 4 is 18.2 Å². The summed E-state index contributed by atoms with van der Waals surface area (Å²) >= 11 is 0. The van der Waals surface area contributed by atoms with Gasteiger partial charge < -0.3 is 4.57 Å². The molecule has 2 aromatic carbocycles. The molecule has 0 aromatic heterocycles. The first-order valence-corrected chi connectivity index (χ1v) is 15.1. The summed E-state index contributed by atoms with van der Waals surface area (Å²) in [5, 5.41) is 0. The van der Waals surface area contributed by atoms with Gasteiger partial charge in [-0.05, 0) is 78.3 Å². The zero-order chi connectivity index (χ0) is 25.5. The van der Waals surface area contributed by atoms with E-state index in [0.29, 0.717) is 43.2 Å². The van der Waals surface area contributed by atoms with Crippen LogP contribution in [0.25, 0.3) is 0 Å². The van der Waals surface area contributed by atoms with E-state index in [1.54, 1.807) is 0 Å². The lowest BCUT2D eigenvalue weighted by Gasteiger charge is -2.23. The highest BCUT2D eigenvalue weighted by molar-refractivity contribution is 7.95. The Bertz CT molecular complexity index is 951.